The van der Waals surface area contributed by atoms with Crippen LogP contribution in [-0.4, -0.2) is 82.9 Å². The summed E-state index contributed by atoms with van der Waals surface area (Å²) < 4.78 is 0. The van der Waals surface area contributed by atoms with Crippen LogP contribution in [0.5, 0.6) is 0 Å². The number of carboxylic acids is 1. The lowest BCUT2D eigenvalue weighted by molar-refractivity contribution is -0.144. The molecule has 2 atom stereocenters. The van der Waals surface area contributed by atoms with E-state index in [1.165, 1.54) is 4.90 Å². The van der Waals surface area contributed by atoms with Gasteiger partial charge in [-0.15, -0.1) is 0 Å². The number of benzene rings is 1. The van der Waals surface area contributed by atoms with Crippen LogP contribution in [0, 0.1) is 5.92 Å². The van der Waals surface area contributed by atoms with Crippen molar-refractivity contribution in [3.8, 4) is 0 Å². The lowest BCUT2D eigenvalue weighted by Crippen LogP contribution is -2.62. The Morgan fingerprint density at radius 2 is 1.86 bits per heavy atom. The Bertz CT molecular complexity index is 754. The Morgan fingerprint density at radius 1 is 1.14 bits per heavy atom. The summed E-state index contributed by atoms with van der Waals surface area (Å²) in [4.78, 5) is 42.2. The lowest BCUT2D eigenvalue weighted by atomic mass is 9.85. The predicted octanol–water partition coefficient (Wildman–Crippen LogP) is 1.48. The summed E-state index contributed by atoms with van der Waals surface area (Å²) in [5.74, 6) is -1.05. The van der Waals surface area contributed by atoms with Gasteiger partial charge in [0.1, 0.15) is 6.54 Å². The molecule has 2 heterocycles. The number of likely N-dealkylation sites (tertiary alicyclic amines) is 1. The molecule has 0 radical (unpaired) electrons. The summed E-state index contributed by atoms with van der Waals surface area (Å²) in [6.07, 6.45) is 2.36. The minimum Gasteiger partial charge on any atom is -0.480 e. The molecule has 29 heavy (non-hydrogen) atoms. The van der Waals surface area contributed by atoms with E-state index in [2.05, 4.69) is 4.90 Å². The molecule has 1 aromatic rings. The summed E-state index contributed by atoms with van der Waals surface area (Å²) in [5, 5.41) is 9.07. The number of amides is 2. The highest BCUT2D eigenvalue weighted by molar-refractivity contribution is 5.82. The number of nitrogens with zero attached hydrogens (tertiary/aromatic N) is 3. The van der Waals surface area contributed by atoms with E-state index in [1.54, 1.807) is 0 Å². The molecule has 2 fully saturated rings. The first-order chi connectivity index (χ1) is 13.8. The molecular weight excluding hydrogens is 370 g/mol. The number of carbonyl (C=O) groups is 3. The first-order valence-electron chi connectivity index (χ1n) is 10.3. The summed E-state index contributed by atoms with van der Waals surface area (Å²) in [5.41, 5.74) is 0.880. The molecule has 2 unspecified atom stereocenters. The molecule has 1 spiro atoms. The molecular formula is C22H31N3O4. The van der Waals surface area contributed by atoms with Gasteiger partial charge in [0.15, 0.2) is 0 Å². The first-order valence-corrected chi connectivity index (χ1v) is 10.3. The number of carbonyl (C=O) groups excluding carboxylic acids is 2. The van der Waals surface area contributed by atoms with Gasteiger partial charge in [0.25, 0.3) is 0 Å². The van der Waals surface area contributed by atoms with Crippen LogP contribution in [0.4, 0.5) is 0 Å². The predicted molar refractivity (Wildman–Crippen MR) is 109 cm³/mol. The fourth-order valence-electron chi connectivity index (χ4n) is 4.58. The van der Waals surface area contributed by atoms with Crippen LogP contribution in [-0.2, 0) is 20.8 Å². The third-order valence-corrected chi connectivity index (χ3v) is 6.45. The van der Waals surface area contributed by atoms with Crippen LogP contribution in [0.1, 0.15) is 31.7 Å². The van der Waals surface area contributed by atoms with Crippen LogP contribution in [0.3, 0.4) is 0 Å². The van der Waals surface area contributed by atoms with Crippen LogP contribution >= 0.6 is 0 Å². The SMILES string of the molecule is CC(Cc1ccccc1)C(=O)N1CCN(C)C2(CCC(=O)N(CC(=O)O)CC2)C1. The molecule has 2 aliphatic heterocycles. The number of carboxylic acid groups (broad SMARTS) is 1. The van der Waals surface area contributed by atoms with E-state index in [9.17, 15) is 14.4 Å². The van der Waals surface area contributed by atoms with Crippen molar-refractivity contribution in [1.82, 2.24) is 14.7 Å². The molecule has 1 aromatic carbocycles. The van der Waals surface area contributed by atoms with Crippen molar-refractivity contribution >= 4 is 17.8 Å². The molecule has 3 rings (SSSR count). The van der Waals surface area contributed by atoms with Gasteiger partial charge in [-0.2, -0.15) is 0 Å². The van der Waals surface area contributed by atoms with Gasteiger partial charge in [-0.3, -0.25) is 19.3 Å². The standard InChI is InChI=1S/C22H31N3O4/c1-17(14-18-6-4-3-5-7-18)21(29)25-13-12-23(2)22(16-25)9-8-19(26)24(11-10-22)15-20(27)28/h3-7,17H,8-16H2,1-2H3,(H,27,28). The van der Waals surface area contributed by atoms with Gasteiger partial charge >= 0.3 is 5.97 Å². The Hall–Kier alpha value is -2.41. The van der Waals surface area contributed by atoms with Crippen molar-refractivity contribution in [3.63, 3.8) is 0 Å². The molecule has 0 bridgehead atoms. The average Bonchev–Trinajstić information content (AvgIpc) is 2.85. The molecule has 1 N–H and O–H groups in total. The number of likely N-dealkylation sites (N-methyl/N-ethyl adjacent to an activating group) is 1. The topological polar surface area (TPSA) is 81.2 Å². The van der Waals surface area contributed by atoms with Crippen LogP contribution in [0.2, 0.25) is 0 Å². The molecule has 0 aliphatic carbocycles. The Labute approximate surface area is 172 Å². The van der Waals surface area contributed by atoms with Crippen molar-refractivity contribution in [1.29, 1.82) is 0 Å². The molecule has 7 heteroatoms. The zero-order chi connectivity index (χ0) is 21.0. The molecule has 7 nitrogen and oxygen atoms in total. The average molecular weight is 402 g/mol. The fourth-order valence-corrected chi connectivity index (χ4v) is 4.58. The third kappa shape index (κ3) is 4.96. The van der Waals surface area contributed by atoms with Crippen molar-refractivity contribution in [2.24, 2.45) is 5.92 Å². The Balaban J connectivity index is 1.68. The molecule has 2 aliphatic rings. The van der Waals surface area contributed by atoms with Gasteiger partial charge in [-0.1, -0.05) is 37.3 Å². The molecule has 2 amide bonds. The molecule has 158 valence electrons. The number of rotatable bonds is 5. The maximum absolute atomic E-state index is 13.1. The zero-order valence-electron chi connectivity index (χ0n) is 17.3. The van der Waals surface area contributed by atoms with Gasteiger partial charge < -0.3 is 14.9 Å². The first kappa shape index (κ1) is 21.3. The van der Waals surface area contributed by atoms with Gasteiger partial charge in [-0.05, 0) is 31.9 Å². The van der Waals surface area contributed by atoms with Gasteiger partial charge in [-0.25, -0.2) is 0 Å². The third-order valence-electron chi connectivity index (χ3n) is 6.45. The van der Waals surface area contributed by atoms with Gasteiger partial charge in [0, 0.05) is 44.1 Å². The number of aliphatic carboxylic acids is 1. The van der Waals surface area contributed by atoms with Gasteiger partial charge in [0.05, 0.1) is 0 Å². The maximum Gasteiger partial charge on any atom is 0.323 e. The van der Waals surface area contributed by atoms with Crippen molar-refractivity contribution in [3.05, 3.63) is 35.9 Å². The normalized spacial score (nSPS) is 24.4. The summed E-state index contributed by atoms with van der Waals surface area (Å²) in [6.45, 7) is 4.17. The van der Waals surface area contributed by atoms with E-state index in [1.807, 2.05) is 49.2 Å². The minimum atomic E-state index is -0.988. The van der Waals surface area contributed by atoms with Crippen LogP contribution in [0.25, 0.3) is 0 Å². The van der Waals surface area contributed by atoms with Gasteiger partial charge in [0.2, 0.25) is 11.8 Å². The molecule has 0 saturated carbocycles. The quantitative estimate of drug-likeness (QED) is 0.808. The Kier molecular flexibility index (Phi) is 6.57. The number of hydrogen-bond donors (Lipinski definition) is 1. The minimum absolute atomic E-state index is 0.103. The number of piperazine rings is 1. The highest BCUT2D eigenvalue weighted by Gasteiger charge is 2.44. The lowest BCUT2D eigenvalue weighted by Gasteiger charge is -2.49. The van der Waals surface area contributed by atoms with Crippen LogP contribution < -0.4 is 0 Å². The smallest absolute Gasteiger partial charge is 0.323 e. The van der Waals surface area contributed by atoms with Crippen LogP contribution in [0.15, 0.2) is 30.3 Å². The summed E-state index contributed by atoms with van der Waals surface area (Å²) >= 11 is 0. The fraction of sp³-hybridized carbons (Fsp3) is 0.591. The zero-order valence-corrected chi connectivity index (χ0v) is 17.3. The second kappa shape index (κ2) is 8.95. The molecule has 2 saturated heterocycles. The largest absolute Gasteiger partial charge is 0.480 e. The number of hydrogen-bond acceptors (Lipinski definition) is 4. The van der Waals surface area contributed by atoms with E-state index in [0.29, 0.717) is 45.3 Å². The van der Waals surface area contributed by atoms with E-state index in [4.69, 9.17) is 5.11 Å². The van der Waals surface area contributed by atoms with E-state index >= 15 is 0 Å². The van der Waals surface area contributed by atoms with E-state index in [-0.39, 0.29) is 29.8 Å². The summed E-state index contributed by atoms with van der Waals surface area (Å²) in [7, 11) is 2.05. The molecule has 0 aromatic heterocycles. The Morgan fingerprint density at radius 3 is 2.55 bits per heavy atom. The highest BCUT2D eigenvalue weighted by Crippen LogP contribution is 2.32. The summed E-state index contributed by atoms with van der Waals surface area (Å²) in [6, 6.07) is 10.0. The van der Waals surface area contributed by atoms with Crippen molar-refractivity contribution in [2.45, 2.75) is 38.1 Å². The highest BCUT2D eigenvalue weighted by atomic mass is 16.4. The second-order valence-corrected chi connectivity index (χ2v) is 8.46. The van der Waals surface area contributed by atoms with Crippen molar-refractivity contribution in [2.75, 3.05) is 39.8 Å². The monoisotopic (exact) mass is 401 g/mol. The van der Waals surface area contributed by atoms with E-state index < -0.39 is 5.97 Å². The van der Waals surface area contributed by atoms with E-state index in [0.717, 1.165) is 12.1 Å². The second-order valence-electron chi connectivity index (χ2n) is 8.46. The maximum atomic E-state index is 13.1. The van der Waals surface area contributed by atoms with Crippen molar-refractivity contribution < 1.29 is 19.5 Å².